The first kappa shape index (κ1) is 16.6. The van der Waals surface area contributed by atoms with Crippen molar-refractivity contribution in [3.63, 3.8) is 0 Å². The number of pyridine rings is 1. The molecule has 2 N–H and O–H groups in total. The predicted molar refractivity (Wildman–Crippen MR) is 81.2 cm³/mol. The maximum Gasteiger partial charge on any atom is 0.407 e. The number of carbonyl (C=O) groups excluding carboxylic acids is 1. The smallest absolute Gasteiger partial charge is 0.407 e. The molecule has 20 heavy (non-hydrogen) atoms. The molecule has 0 bridgehead atoms. The molecule has 0 aromatic carbocycles. The number of ether oxygens (including phenoxy) is 2. The van der Waals surface area contributed by atoms with E-state index >= 15 is 0 Å². The van der Waals surface area contributed by atoms with Gasteiger partial charge in [-0.05, 0) is 48.8 Å². The van der Waals surface area contributed by atoms with Crippen molar-refractivity contribution in [2.24, 2.45) is 0 Å². The molecule has 0 radical (unpaired) electrons. The average Bonchev–Trinajstić information content (AvgIpc) is 2.34. The van der Waals surface area contributed by atoms with Crippen LogP contribution in [-0.4, -0.2) is 36.9 Å². The van der Waals surface area contributed by atoms with E-state index in [4.69, 9.17) is 9.47 Å². The van der Waals surface area contributed by atoms with Crippen LogP contribution >= 0.6 is 15.9 Å². The number of hydrogen-bond donors (Lipinski definition) is 2. The molecule has 0 saturated carbocycles. The van der Waals surface area contributed by atoms with Crippen molar-refractivity contribution in [2.75, 3.05) is 25.5 Å². The Hall–Kier alpha value is -1.50. The van der Waals surface area contributed by atoms with E-state index in [1.165, 1.54) is 0 Å². The summed E-state index contributed by atoms with van der Waals surface area (Å²) >= 11 is 3.33. The second-order valence-corrected chi connectivity index (χ2v) is 5.90. The summed E-state index contributed by atoms with van der Waals surface area (Å²) < 4.78 is 11.0. The Morgan fingerprint density at radius 1 is 1.35 bits per heavy atom. The molecule has 1 aromatic rings. The van der Waals surface area contributed by atoms with E-state index in [0.29, 0.717) is 24.8 Å². The number of hydrogen-bond acceptors (Lipinski definition) is 5. The highest BCUT2D eigenvalue weighted by atomic mass is 79.9. The maximum atomic E-state index is 11.4. The van der Waals surface area contributed by atoms with Crippen molar-refractivity contribution in [1.29, 1.82) is 0 Å². The molecule has 1 heterocycles. The number of anilines is 1. The lowest BCUT2D eigenvalue weighted by Crippen LogP contribution is -2.35. The van der Waals surface area contributed by atoms with Gasteiger partial charge in [-0.3, -0.25) is 0 Å². The zero-order valence-corrected chi connectivity index (χ0v) is 13.7. The van der Waals surface area contributed by atoms with Gasteiger partial charge in [0.25, 0.3) is 0 Å². The van der Waals surface area contributed by atoms with Gasteiger partial charge in [0.1, 0.15) is 11.4 Å². The van der Waals surface area contributed by atoms with E-state index in [2.05, 4.69) is 31.5 Å². The quantitative estimate of drug-likeness (QED) is 0.802. The van der Waals surface area contributed by atoms with Crippen LogP contribution in [0.15, 0.2) is 16.6 Å². The number of halogens is 1. The number of amides is 1. The van der Waals surface area contributed by atoms with E-state index in [0.717, 1.165) is 4.47 Å². The van der Waals surface area contributed by atoms with E-state index in [-0.39, 0.29) is 0 Å². The average molecular weight is 346 g/mol. The van der Waals surface area contributed by atoms with Crippen LogP contribution in [0.25, 0.3) is 0 Å². The molecule has 0 atom stereocenters. The summed E-state index contributed by atoms with van der Waals surface area (Å²) in [7, 11) is 1.56. The minimum atomic E-state index is -0.488. The summed E-state index contributed by atoms with van der Waals surface area (Å²) in [6.45, 7) is 6.45. The second kappa shape index (κ2) is 7.33. The highest BCUT2D eigenvalue weighted by molar-refractivity contribution is 9.10. The molecule has 112 valence electrons. The minimum Gasteiger partial charge on any atom is -0.480 e. The van der Waals surface area contributed by atoms with Gasteiger partial charge in [-0.15, -0.1) is 0 Å². The lowest BCUT2D eigenvalue weighted by atomic mass is 10.2. The third-order valence-electron chi connectivity index (χ3n) is 2.11. The van der Waals surface area contributed by atoms with Crippen molar-refractivity contribution in [1.82, 2.24) is 10.3 Å². The molecule has 7 heteroatoms. The van der Waals surface area contributed by atoms with Crippen LogP contribution in [0.5, 0.6) is 5.88 Å². The normalized spacial score (nSPS) is 10.8. The monoisotopic (exact) mass is 345 g/mol. The first-order valence-electron chi connectivity index (χ1n) is 6.23. The van der Waals surface area contributed by atoms with Crippen LogP contribution < -0.4 is 15.4 Å². The Morgan fingerprint density at radius 3 is 2.65 bits per heavy atom. The summed E-state index contributed by atoms with van der Waals surface area (Å²) in [6, 6.07) is 3.66. The Kier molecular flexibility index (Phi) is 6.06. The van der Waals surface area contributed by atoms with E-state index in [9.17, 15) is 4.79 Å². The molecule has 6 nitrogen and oxygen atoms in total. The second-order valence-electron chi connectivity index (χ2n) is 5.04. The van der Waals surface area contributed by atoms with Gasteiger partial charge in [-0.25, -0.2) is 4.79 Å². The zero-order chi connectivity index (χ0) is 15.2. The fraction of sp³-hybridized carbons (Fsp3) is 0.538. The number of carbonyl (C=O) groups is 1. The third-order valence-corrected chi connectivity index (χ3v) is 2.71. The number of alkyl carbamates (subject to hydrolysis) is 1. The van der Waals surface area contributed by atoms with Crippen molar-refractivity contribution in [3.8, 4) is 5.88 Å². The number of aromatic nitrogens is 1. The molecule has 0 aliphatic heterocycles. The molecule has 0 fully saturated rings. The molecular weight excluding hydrogens is 326 g/mol. The fourth-order valence-corrected chi connectivity index (χ4v) is 1.72. The lowest BCUT2D eigenvalue weighted by molar-refractivity contribution is 0.0530. The molecule has 0 aliphatic carbocycles. The molecule has 1 rings (SSSR count). The Bertz CT molecular complexity index is 461. The van der Waals surface area contributed by atoms with Crippen LogP contribution in [0.2, 0.25) is 0 Å². The van der Waals surface area contributed by atoms with Crippen LogP contribution in [0.4, 0.5) is 10.6 Å². The highest BCUT2D eigenvalue weighted by Crippen LogP contribution is 2.23. The highest BCUT2D eigenvalue weighted by Gasteiger charge is 2.15. The summed E-state index contributed by atoms with van der Waals surface area (Å²) in [6.07, 6.45) is -0.430. The van der Waals surface area contributed by atoms with Gasteiger partial charge in [0.15, 0.2) is 0 Å². The molecule has 0 unspecified atom stereocenters. The van der Waals surface area contributed by atoms with Crippen molar-refractivity contribution < 1.29 is 14.3 Å². The topological polar surface area (TPSA) is 72.5 Å². The molecular formula is C13H20BrN3O3. The van der Waals surface area contributed by atoms with Crippen molar-refractivity contribution >= 4 is 27.8 Å². The Morgan fingerprint density at radius 2 is 2.05 bits per heavy atom. The van der Waals surface area contributed by atoms with E-state index < -0.39 is 11.7 Å². The number of rotatable bonds is 5. The van der Waals surface area contributed by atoms with Gasteiger partial charge >= 0.3 is 6.09 Å². The van der Waals surface area contributed by atoms with Gasteiger partial charge < -0.3 is 20.1 Å². The van der Waals surface area contributed by atoms with Gasteiger partial charge in [-0.2, -0.15) is 4.98 Å². The zero-order valence-electron chi connectivity index (χ0n) is 12.1. The predicted octanol–water partition coefficient (Wildman–Crippen LogP) is 2.79. The molecule has 0 spiro atoms. The number of methoxy groups -OCH3 is 1. The van der Waals surface area contributed by atoms with Crippen molar-refractivity contribution in [3.05, 3.63) is 16.6 Å². The van der Waals surface area contributed by atoms with Gasteiger partial charge in [0.2, 0.25) is 5.88 Å². The lowest BCUT2D eigenvalue weighted by Gasteiger charge is -2.19. The van der Waals surface area contributed by atoms with Crippen molar-refractivity contribution in [2.45, 2.75) is 26.4 Å². The SMILES string of the molecule is COc1nc(NCCNC(=O)OC(C)(C)C)ccc1Br. The van der Waals surface area contributed by atoms with Crippen LogP contribution in [0.3, 0.4) is 0 Å². The van der Waals surface area contributed by atoms with Crippen LogP contribution in [0, 0.1) is 0 Å². The molecule has 1 amide bonds. The summed E-state index contributed by atoms with van der Waals surface area (Å²) in [5.74, 6) is 1.19. The first-order chi connectivity index (χ1) is 9.31. The Labute approximate surface area is 127 Å². The standard InChI is InChI=1S/C13H20BrN3O3/c1-13(2,3)20-12(18)16-8-7-15-10-6-5-9(14)11(17-10)19-4/h5-6H,7-8H2,1-4H3,(H,15,17)(H,16,18). The van der Waals surface area contributed by atoms with E-state index in [1.54, 1.807) is 7.11 Å². The van der Waals surface area contributed by atoms with Crippen LogP contribution in [0.1, 0.15) is 20.8 Å². The summed E-state index contributed by atoms with van der Waals surface area (Å²) in [5.41, 5.74) is -0.488. The molecule has 0 saturated heterocycles. The third kappa shape index (κ3) is 6.10. The van der Waals surface area contributed by atoms with Gasteiger partial charge in [0, 0.05) is 13.1 Å². The van der Waals surface area contributed by atoms with Crippen LogP contribution in [-0.2, 0) is 4.74 Å². The molecule has 0 aliphatic rings. The number of nitrogens with zero attached hydrogens (tertiary/aromatic N) is 1. The summed E-state index contributed by atoms with van der Waals surface area (Å²) in [4.78, 5) is 15.7. The fourth-order valence-electron chi connectivity index (χ4n) is 1.33. The van der Waals surface area contributed by atoms with Gasteiger partial charge in [0.05, 0.1) is 11.6 Å². The van der Waals surface area contributed by atoms with Gasteiger partial charge in [-0.1, -0.05) is 0 Å². The minimum absolute atomic E-state index is 0.430. The first-order valence-corrected chi connectivity index (χ1v) is 7.02. The largest absolute Gasteiger partial charge is 0.480 e. The van der Waals surface area contributed by atoms with E-state index in [1.807, 2.05) is 32.9 Å². The molecule has 1 aromatic heterocycles. The maximum absolute atomic E-state index is 11.4. The summed E-state index contributed by atoms with van der Waals surface area (Å²) in [5, 5.41) is 5.74. The number of nitrogens with one attached hydrogen (secondary N) is 2. The Balaban J connectivity index is 2.33.